The second-order valence-corrected chi connectivity index (χ2v) is 7.88. The molecule has 1 aromatic carbocycles. The summed E-state index contributed by atoms with van der Waals surface area (Å²) >= 11 is 0. The summed E-state index contributed by atoms with van der Waals surface area (Å²) < 4.78 is 4.02. The molecule has 2 aliphatic heterocycles. The van der Waals surface area contributed by atoms with Crippen molar-refractivity contribution in [3.63, 3.8) is 0 Å². The van der Waals surface area contributed by atoms with Gasteiger partial charge in [-0.1, -0.05) is 37.3 Å². The molecule has 1 fully saturated rings. The molecule has 0 N–H and O–H groups in total. The lowest BCUT2D eigenvalue weighted by Crippen LogP contribution is -2.53. The Morgan fingerprint density at radius 1 is 1.07 bits per heavy atom. The highest BCUT2D eigenvalue weighted by Gasteiger charge is 2.47. The Balaban J connectivity index is 1.53. The maximum atomic E-state index is 5.06. The number of anilines is 1. The van der Waals surface area contributed by atoms with Crippen LogP contribution in [0.2, 0.25) is 0 Å². The minimum Gasteiger partial charge on any atom is -0.342 e. The number of imidazole rings is 1. The Bertz CT molecular complexity index is 1210. The van der Waals surface area contributed by atoms with Crippen LogP contribution in [0.5, 0.6) is 0 Å². The summed E-state index contributed by atoms with van der Waals surface area (Å²) in [5, 5.41) is 8.74. The van der Waals surface area contributed by atoms with E-state index in [1.165, 1.54) is 6.42 Å². The van der Waals surface area contributed by atoms with E-state index in [0.717, 1.165) is 54.5 Å². The van der Waals surface area contributed by atoms with E-state index in [9.17, 15) is 0 Å². The van der Waals surface area contributed by atoms with Crippen LogP contribution in [0, 0.1) is 0 Å². The Hall–Kier alpha value is -3.55. The number of nitrogens with zero attached hydrogens (tertiary/aromatic N) is 8. The van der Waals surface area contributed by atoms with Gasteiger partial charge in [-0.2, -0.15) is 4.98 Å². The Labute approximate surface area is 174 Å². The fourth-order valence-electron chi connectivity index (χ4n) is 4.94. The molecule has 0 saturated carbocycles. The van der Waals surface area contributed by atoms with E-state index in [-0.39, 0.29) is 5.54 Å². The lowest BCUT2D eigenvalue weighted by Gasteiger charge is -2.49. The first kappa shape index (κ1) is 17.3. The predicted octanol–water partition coefficient (Wildman–Crippen LogP) is 3.52. The number of piperidine rings is 1. The third-order valence-corrected chi connectivity index (χ3v) is 6.43. The van der Waals surface area contributed by atoms with Crippen molar-refractivity contribution < 1.29 is 0 Å². The lowest BCUT2D eigenvalue weighted by atomic mass is 9.82. The minimum atomic E-state index is -0.162. The van der Waals surface area contributed by atoms with E-state index in [0.29, 0.717) is 5.95 Å². The highest BCUT2D eigenvalue weighted by molar-refractivity contribution is 5.65. The molecule has 1 unspecified atom stereocenters. The predicted molar refractivity (Wildman–Crippen MR) is 113 cm³/mol. The highest BCUT2D eigenvalue weighted by atomic mass is 15.4. The van der Waals surface area contributed by atoms with Crippen molar-refractivity contribution in [2.45, 2.75) is 38.1 Å². The average molecular weight is 398 g/mol. The van der Waals surface area contributed by atoms with Crippen LogP contribution in [0.3, 0.4) is 0 Å². The third kappa shape index (κ3) is 2.30. The topological polar surface area (TPSA) is 77.5 Å². The van der Waals surface area contributed by atoms with E-state index in [1.54, 1.807) is 12.5 Å². The van der Waals surface area contributed by atoms with Gasteiger partial charge in [0.25, 0.3) is 0 Å². The second-order valence-electron chi connectivity index (χ2n) is 7.88. The Morgan fingerprint density at radius 2 is 1.97 bits per heavy atom. The molecule has 8 heteroatoms. The van der Waals surface area contributed by atoms with Gasteiger partial charge < -0.3 is 4.90 Å². The third-order valence-electron chi connectivity index (χ3n) is 6.43. The van der Waals surface area contributed by atoms with Crippen LogP contribution in [0.15, 0.2) is 55.2 Å². The molecule has 3 aromatic heterocycles. The van der Waals surface area contributed by atoms with Crippen molar-refractivity contribution in [1.82, 2.24) is 34.3 Å². The van der Waals surface area contributed by atoms with Crippen LogP contribution in [0.1, 0.15) is 38.4 Å². The van der Waals surface area contributed by atoms with Crippen molar-refractivity contribution >= 4 is 5.82 Å². The lowest BCUT2D eigenvalue weighted by molar-refractivity contribution is 0.274. The summed E-state index contributed by atoms with van der Waals surface area (Å²) in [6, 6.07) is 10.1. The molecule has 0 aliphatic carbocycles. The number of hydrogen-bond acceptors (Lipinski definition) is 6. The first-order chi connectivity index (χ1) is 14.8. The van der Waals surface area contributed by atoms with Crippen molar-refractivity contribution in [3.05, 3.63) is 61.1 Å². The first-order valence-electron chi connectivity index (χ1n) is 10.5. The number of hydrogen-bond donors (Lipinski definition) is 0. The quantitative estimate of drug-likeness (QED) is 0.525. The van der Waals surface area contributed by atoms with Crippen LogP contribution in [-0.2, 0) is 5.54 Å². The van der Waals surface area contributed by atoms with Gasteiger partial charge in [0.1, 0.15) is 23.4 Å². The number of aromatic nitrogens is 7. The van der Waals surface area contributed by atoms with Crippen molar-refractivity contribution in [2.24, 2.45) is 0 Å². The fraction of sp³-hybridized carbons (Fsp3) is 0.318. The maximum Gasteiger partial charge on any atom is 0.237 e. The molecular weight excluding hydrogens is 376 g/mol. The maximum absolute atomic E-state index is 5.06. The van der Waals surface area contributed by atoms with Gasteiger partial charge in [0.15, 0.2) is 11.6 Å². The van der Waals surface area contributed by atoms with Gasteiger partial charge in [-0.25, -0.2) is 9.97 Å². The summed E-state index contributed by atoms with van der Waals surface area (Å²) in [5.41, 5.74) is 1.81. The minimum absolute atomic E-state index is 0.162. The number of benzene rings is 1. The van der Waals surface area contributed by atoms with E-state index >= 15 is 0 Å². The summed E-state index contributed by atoms with van der Waals surface area (Å²) in [7, 11) is 0. The zero-order valence-electron chi connectivity index (χ0n) is 16.8. The second kappa shape index (κ2) is 6.48. The molecule has 2 aliphatic rings. The van der Waals surface area contributed by atoms with Gasteiger partial charge >= 0.3 is 0 Å². The zero-order chi connectivity index (χ0) is 20.1. The van der Waals surface area contributed by atoms with Crippen LogP contribution in [0.25, 0.3) is 23.0 Å². The largest absolute Gasteiger partial charge is 0.342 e. The van der Waals surface area contributed by atoms with Gasteiger partial charge in [-0.05, 0) is 25.7 Å². The Morgan fingerprint density at radius 3 is 2.83 bits per heavy atom. The molecule has 8 nitrogen and oxygen atoms in total. The van der Waals surface area contributed by atoms with Crippen LogP contribution < -0.4 is 4.90 Å². The van der Waals surface area contributed by atoms with Crippen molar-refractivity contribution in [3.8, 4) is 23.0 Å². The first-order valence-corrected chi connectivity index (χ1v) is 10.5. The van der Waals surface area contributed by atoms with E-state index in [4.69, 9.17) is 9.97 Å². The van der Waals surface area contributed by atoms with Crippen molar-refractivity contribution in [1.29, 1.82) is 0 Å². The monoisotopic (exact) mass is 398 g/mol. The molecule has 1 saturated heterocycles. The standard InChI is InChI=1S/C22H22N8/c1-2-22-10-6-7-12-30(22)19-17(29-15-25-27-20(22)29)14-24-21(26-19)28-13-11-23-18(28)16-8-4-3-5-9-16/h3-5,8-9,11,13-15H,2,6-7,10,12H2,1H3. The van der Waals surface area contributed by atoms with Gasteiger partial charge in [-0.3, -0.25) is 9.13 Å². The van der Waals surface area contributed by atoms with Crippen LogP contribution in [0.4, 0.5) is 5.82 Å². The summed E-state index contributed by atoms with van der Waals surface area (Å²) in [4.78, 5) is 16.7. The van der Waals surface area contributed by atoms with Gasteiger partial charge in [-0.15, -0.1) is 10.2 Å². The van der Waals surface area contributed by atoms with Crippen molar-refractivity contribution in [2.75, 3.05) is 11.4 Å². The van der Waals surface area contributed by atoms with E-state index < -0.39 is 0 Å². The Kier molecular flexibility index (Phi) is 3.74. The highest BCUT2D eigenvalue weighted by Crippen LogP contribution is 2.47. The molecule has 6 rings (SSSR count). The van der Waals surface area contributed by atoms with Gasteiger partial charge in [0, 0.05) is 24.5 Å². The SMILES string of the molecule is CCC12CCCCN1c1nc(-n3ccnc3-c3ccccc3)ncc1-n1cnnc12. The van der Waals surface area contributed by atoms with Gasteiger partial charge in [0.05, 0.1) is 6.20 Å². The normalized spacial score (nSPS) is 19.8. The molecule has 0 spiro atoms. The molecule has 0 amide bonds. The molecule has 0 bridgehead atoms. The van der Waals surface area contributed by atoms with Crippen LogP contribution >= 0.6 is 0 Å². The van der Waals surface area contributed by atoms with Gasteiger partial charge in [0.2, 0.25) is 5.95 Å². The van der Waals surface area contributed by atoms with E-state index in [2.05, 4.69) is 31.6 Å². The number of rotatable bonds is 3. The molecule has 1 atom stereocenters. The summed E-state index contributed by atoms with van der Waals surface area (Å²) in [6.45, 7) is 3.19. The molecule has 0 radical (unpaired) electrons. The molecule has 150 valence electrons. The number of fused-ring (bicyclic) bond motifs is 6. The summed E-state index contributed by atoms with van der Waals surface area (Å²) in [6.07, 6.45) is 11.7. The molecule has 4 aromatic rings. The summed E-state index contributed by atoms with van der Waals surface area (Å²) in [5.74, 6) is 3.40. The van der Waals surface area contributed by atoms with Crippen LogP contribution in [-0.4, -0.2) is 40.8 Å². The smallest absolute Gasteiger partial charge is 0.237 e. The molecule has 5 heterocycles. The molecule has 30 heavy (non-hydrogen) atoms. The van der Waals surface area contributed by atoms with E-state index in [1.807, 2.05) is 47.3 Å². The zero-order valence-corrected chi connectivity index (χ0v) is 16.8. The average Bonchev–Trinajstić information content (AvgIpc) is 3.50. The molecular formula is C22H22N8. The fourth-order valence-corrected chi connectivity index (χ4v) is 4.94.